The lowest BCUT2D eigenvalue weighted by molar-refractivity contribution is 0.0941. The predicted molar refractivity (Wildman–Crippen MR) is 107 cm³/mol. The van der Waals surface area contributed by atoms with Crippen LogP contribution in [-0.4, -0.2) is 15.9 Å². The highest BCUT2D eigenvalue weighted by atomic mass is 35.6. The third-order valence-electron chi connectivity index (χ3n) is 4.30. The maximum absolute atomic E-state index is 12.6. The molecule has 0 saturated heterocycles. The van der Waals surface area contributed by atoms with Crippen LogP contribution in [0, 0.1) is 18.3 Å². The van der Waals surface area contributed by atoms with Gasteiger partial charge in [-0.05, 0) is 43.4 Å². The molecule has 0 aliphatic heterocycles. The third-order valence-corrected chi connectivity index (χ3v) is 6.18. The molecule has 3 rings (SSSR count). The molecule has 0 spiro atoms. The number of hydrogen-bond donors (Lipinski definition) is 2. The van der Waals surface area contributed by atoms with E-state index in [0.29, 0.717) is 16.1 Å². The van der Waals surface area contributed by atoms with Crippen molar-refractivity contribution in [3.8, 4) is 6.07 Å². The predicted octanol–water partition coefficient (Wildman–Crippen LogP) is 4.96. The number of anilines is 1. The molecule has 0 radical (unpaired) electrons. The van der Waals surface area contributed by atoms with E-state index in [1.807, 2.05) is 19.1 Å². The molecule has 2 aromatic rings. The van der Waals surface area contributed by atoms with Crippen LogP contribution in [0.1, 0.15) is 38.3 Å². The number of carbonyl (C=O) groups is 1. The monoisotopic (exact) mass is 427 g/mol. The maximum Gasteiger partial charge on any atom is 0.253 e. The Balaban J connectivity index is 1.86. The van der Waals surface area contributed by atoms with Gasteiger partial charge in [0, 0.05) is 10.4 Å². The maximum atomic E-state index is 12.6. The molecule has 0 unspecified atom stereocenters. The van der Waals surface area contributed by atoms with E-state index < -0.39 is 9.96 Å². The summed E-state index contributed by atoms with van der Waals surface area (Å²) in [5, 5.41) is 15.9. The Kier molecular flexibility index (Phi) is 5.69. The first kappa shape index (κ1) is 19.3. The van der Waals surface area contributed by atoms with Crippen LogP contribution in [-0.2, 0) is 12.8 Å². The number of nitrogens with zero attached hydrogens (tertiary/aromatic N) is 1. The summed E-state index contributed by atoms with van der Waals surface area (Å²) in [6.07, 6.45) is 1.90. The van der Waals surface area contributed by atoms with Crippen LogP contribution in [0.5, 0.6) is 0 Å². The molecule has 1 heterocycles. The molecule has 2 N–H and O–H groups in total. The molecule has 0 fully saturated rings. The van der Waals surface area contributed by atoms with Crippen LogP contribution in [0.3, 0.4) is 0 Å². The minimum atomic E-state index is -1.79. The van der Waals surface area contributed by atoms with E-state index in [1.54, 1.807) is 12.1 Å². The molecular weight excluding hydrogens is 413 g/mol. The fourth-order valence-electron chi connectivity index (χ4n) is 2.99. The van der Waals surface area contributed by atoms with Gasteiger partial charge in [0.15, 0.2) is 0 Å². The van der Waals surface area contributed by atoms with Crippen LogP contribution < -0.4 is 10.6 Å². The lowest BCUT2D eigenvalue weighted by Crippen LogP contribution is -2.49. The standard InChI is InChI=1S/C18H16Cl3N3OS/c1-10-5-2-3-6-11(10)15(25)23-17(18(19,20)21)24-16-13(9-22)12-7-4-8-14(12)26-16/h2-3,5-6,17,24H,4,7-8H2,1H3,(H,23,25)/t17-/m1/s1. The van der Waals surface area contributed by atoms with E-state index >= 15 is 0 Å². The van der Waals surface area contributed by atoms with Gasteiger partial charge < -0.3 is 10.6 Å². The topological polar surface area (TPSA) is 64.9 Å². The molecule has 1 atom stereocenters. The van der Waals surface area contributed by atoms with Crippen molar-refractivity contribution >= 4 is 57.0 Å². The molecule has 26 heavy (non-hydrogen) atoms. The van der Waals surface area contributed by atoms with E-state index in [-0.39, 0.29) is 5.91 Å². The SMILES string of the molecule is Cc1ccccc1C(=O)N[C@H](Nc1sc2c(c1C#N)CCC2)C(Cl)(Cl)Cl. The summed E-state index contributed by atoms with van der Waals surface area (Å²) in [4.78, 5) is 13.8. The Morgan fingerprint density at radius 1 is 1.31 bits per heavy atom. The Bertz CT molecular complexity index is 883. The summed E-state index contributed by atoms with van der Waals surface area (Å²) in [5.41, 5.74) is 2.96. The highest BCUT2D eigenvalue weighted by molar-refractivity contribution is 7.16. The number of fused-ring (bicyclic) bond motifs is 1. The molecule has 8 heteroatoms. The van der Waals surface area contributed by atoms with Gasteiger partial charge in [-0.15, -0.1) is 11.3 Å². The minimum Gasteiger partial charge on any atom is -0.352 e. The van der Waals surface area contributed by atoms with Crippen molar-refractivity contribution in [1.29, 1.82) is 5.26 Å². The van der Waals surface area contributed by atoms with Crippen LogP contribution >= 0.6 is 46.1 Å². The number of thiophene rings is 1. The summed E-state index contributed by atoms with van der Waals surface area (Å²) >= 11 is 19.7. The summed E-state index contributed by atoms with van der Waals surface area (Å²) in [6, 6.07) is 9.40. The van der Waals surface area contributed by atoms with Gasteiger partial charge in [-0.1, -0.05) is 53.0 Å². The quantitative estimate of drug-likeness (QED) is 0.534. The van der Waals surface area contributed by atoms with Crippen LogP contribution in [0.4, 0.5) is 5.00 Å². The molecule has 0 saturated carbocycles. The van der Waals surface area contributed by atoms with Gasteiger partial charge in [-0.25, -0.2) is 0 Å². The number of carbonyl (C=O) groups excluding carboxylic acids is 1. The number of hydrogen-bond acceptors (Lipinski definition) is 4. The average Bonchev–Trinajstić information content (AvgIpc) is 3.14. The summed E-state index contributed by atoms with van der Waals surface area (Å²) in [6.45, 7) is 1.84. The lowest BCUT2D eigenvalue weighted by atomic mass is 10.1. The van der Waals surface area contributed by atoms with Crippen molar-refractivity contribution < 1.29 is 4.79 Å². The van der Waals surface area contributed by atoms with E-state index in [1.165, 1.54) is 16.2 Å². The van der Waals surface area contributed by atoms with Crippen molar-refractivity contribution in [3.05, 3.63) is 51.4 Å². The first-order chi connectivity index (χ1) is 12.3. The number of benzene rings is 1. The molecule has 1 aromatic carbocycles. The largest absolute Gasteiger partial charge is 0.352 e. The van der Waals surface area contributed by atoms with Gasteiger partial charge in [0.05, 0.1) is 5.56 Å². The molecule has 0 bridgehead atoms. The van der Waals surface area contributed by atoms with Crippen LogP contribution in [0.25, 0.3) is 0 Å². The van der Waals surface area contributed by atoms with E-state index in [4.69, 9.17) is 34.8 Å². The first-order valence-corrected chi connectivity index (χ1v) is 10.0. The Hall–Kier alpha value is -1.45. The normalized spacial score (nSPS) is 14.4. The number of alkyl halides is 3. The zero-order valence-electron chi connectivity index (χ0n) is 13.9. The number of nitriles is 1. The van der Waals surface area contributed by atoms with Gasteiger partial charge in [0.1, 0.15) is 17.2 Å². The van der Waals surface area contributed by atoms with Crippen LogP contribution in [0.15, 0.2) is 24.3 Å². The minimum absolute atomic E-state index is 0.352. The number of amides is 1. The number of halogens is 3. The van der Waals surface area contributed by atoms with Gasteiger partial charge in [0.2, 0.25) is 3.79 Å². The highest BCUT2D eigenvalue weighted by Gasteiger charge is 2.36. The highest BCUT2D eigenvalue weighted by Crippen LogP contribution is 2.40. The fraction of sp³-hybridized carbons (Fsp3) is 0.333. The summed E-state index contributed by atoms with van der Waals surface area (Å²) in [5.74, 6) is -0.352. The molecular formula is C18H16Cl3N3OS. The molecule has 1 aliphatic rings. The molecule has 1 aromatic heterocycles. The van der Waals surface area contributed by atoms with E-state index in [0.717, 1.165) is 30.4 Å². The second kappa shape index (κ2) is 7.66. The van der Waals surface area contributed by atoms with E-state index in [2.05, 4.69) is 16.7 Å². The number of rotatable bonds is 4. The second-order valence-corrected chi connectivity index (χ2v) is 9.55. The van der Waals surface area contributed by atoms with Gasteiger partial charge in [0.25, 0.3) is 5.91 Å². The summed E-state index contributed by atoms with van der Waals surface area (Å²) < 4.78 is -1.79. The Morgan fingerprint density at radius 2 is 2.04 bits per heavy atom. The number of aryl methyl sites for hydroxylation is 2. The van der Waals surface area contributed by atoms with Crippen molar-refractivity contribution in [2.75, 3.05) is 5.32 Å². The van der Waals surface area contributed by atoms with Crippen LogP contribution in [0.2, 0.25) is 0 Å². The molecule has 4 nitrogen and oxygen atoms in total. The van der Waals surface area contributed by atoms with Crippen molar-refractivity contribution in [2.24, 2.45) is 0 Å². The molecule has 1 amide bonds. The fourth-order valence-corrected chi connectivity index (χ4v) is 4.59. The summed E-state index contributed by atoms with van der Waals surface area (Å²) in [7, 11) is 0. The average molecular weight is 429 g/mol. The van der Waals surface area contributed by atoms with E-state index in [9.17, 15) is 10.1 Å². The first-order valence-electron chi connectivity index (χ1n) is 8.05. The zero-order chi connectivity index (χ0) is 18.9. The third kappa shape index (κ3) is 3.94. The Morgan fingerprint density at radius 3 is 2.69 bits per heavy atom. The molecule has 1 aliphatic carbocycles. The van der Waals surface area contributed by atoms with Crippen molar-refractivity contribution in [1.82, 2.24) is 5.32 Å². The van der Waals surface area contributed by atoms with Gasteiger partial charge in [-0.3, -0.25) is 4.79 Å². The van der Waals surface area contributed by atoms with Gasteiger partial charge >= 0.3 is 0 Å². The smallest absolute Gasteiger partial charge is 0.253 e. The second-order valence-electron chi connectivity index (χ2n) is 6.08. The van der Waals surface area contributed by atoms with Gasteiger partial charge in [-0.2, -0.15) is 5.26 Å². The van der Waals surface area contributed by atoms with Crippen molar-refractivity contribution in [2.45, 2.75) is 36.1 Å². The molecule has 136 valence electrons. The zero-order valence-corrected chi connectivity index (χ0v) is 17.0. The Labute approximate surface area is 171 Å². The number of nitrogens with one attached hydrogen (secondary N) is 2. The lowest BCUT2D eigenvalue weighted by Gasteiger charge is -2.27. The van der Waals surface area contributed by atoms with Crippen molar-refractivity contribution in [3.63, 3.8) is 0 Å².